The molecular weight excluding hydrogens is 342 g/mol. The van der Waals surface area contributed by atoms with Gasteiger partial charge in [0.15, 0.2) is 5.69 Å². The number of primary sulfonamides is 1. The molecule has 1 aromatic carbocycles. The summed E-state index contributed by atoms with van der Waals surface area (Å²) in [6, 6.07) is 10.0. The number of amides is 1. The van der Waals surface area contributed by atoms with Crippen LogP contribution in [0.25, 0.3) is 0 Å². The van der Waals surface area contributed by atoms with E-state index in [1.54, 1.807) is 24.3 Å². The van der Waals surface area contributed by atoms with E-state index >= 15 is 0 Å². The molecule has 0 unspecified atom stereocenters. The predicted octanol–water partition coefficient (Wildman–Crippen LogP) is 0.671. The van der Waals surface area contributed by atoms with E-state index in [0.29, 0.717) is 24.5 Å². The Morgan fingerprint density at radius 3 is 2.40 bits per heavy atom. The van der Waals surface area contributed by atoms with E-state index in [0.717, 1.165) is 18.4 Å². The van der Waals surface area contributed by atoms with E-state index in [-0.39, 0.29) is 16.8 Å². The third kappa shape index (κ3) is 4.97. The van der Waals surface area contributed by atoms with E-state index in [1.165, 1.54) is 12.1 Å². The summed E-state index contributed by atoms with van der Waals surface area (Å²) < 4.78 is 22.4. The molecule has 1 heterocycles. The van der Waals surface area contributed by atoms with Gasteiger partial charge in [-0.1, -0.05) is 12.1 Å². The zero-order valence-corrected chi connectivity index (χ0v) is 14.3. The minimum atomic E-state index is -3.66. The van der Waals surface area contributed by atoms with Crippen LogP contribution in [-0.2, 0) is 16.4 Å². The first-order valence-corrected chi connectivity index (χ1v) is 9.47. The maximum absolute atomic E-state index is 11.8. The predicted molar refractivity (Wildman–Crippen MR) is 92.5 cm³/mol. The summed E-state index contributed by atoms with van der Waals surface area (Å²) in [5.41, 5.74) is 1.27. The van der Waals surface area contributed by atoms with Crippen LogP contribution in [0.2, 0.25) is 0 Å². The lowest BCUT2D eigenvalue weighted by Gasteiger charge is -2.07. The number of nitrogens with two attached hydrogens (primary N) is 1. The third-order valence-corrected chi connectivity index (χ3v) is 4.71. The number of carbonyl (C=O) groups excluding carboxylic acids is 1. The summed E-state index contributed by atoms with van der Waals surface area (Å²) >= 11 is 0. The molecule has 9 heteroatoms. The lowest BCUT2D eigenvalue weighted by Crippen LogP contribution is -2.26. The largest absolute Gasteiger partial charge is 0.368 e. The molecule has 1 aromatic heterocycles. The maximum Gasteiger partial charge on any atom is 0.272 e. The van der Waals surface area contributed by atoms with Crippen molar-refractivity contribution in [2.24, 2.45) is 5.14 Å². The van der Waals surface area contributed by atoms with Gasteiger partial charge in [-0.25, -0.2) is 13.6 Å². The molecule has 4 N–H and O–H groups in total. The molecule has 1 aliphatic rings. The van der Waals surface area contributed by atoms with Gasteiger partial charge in [0, 0.05) is 12.6 Å². The molecule has 1 saturated carbocycles. The molecule has 0 atom stereocenters. The van der Waals surface area contributed by atoms with Gasteiger partial charge in [-0.05, 0) is 49.1 Å². The Morgan fingerprint density at radius 1 is 1.12 bits per heavy atom. The van der Waals surface area contributed by atoms with Gasteiger partial charge in [0.1, 0.15) is 5.82 Å². The Balaban J connectivity index is 1.49. The number of benzene rings is 1. The average Bonchev–Trinajstić information content (AvgIpc) is 3.39. The molecule has 1 aliphatic carbocycles. The highest BCUT2D eigenvalue weighted by Crippen LogP contribution is 2.19. The fourth-order valence-corrected chi connectivity index (χ4v) is 2.73. The summed E-state index contributed by atoms with van der Waals surface area (Å²) in [4.78, 5) is 11.9. The second-order valence-corrected chi connectivity index (χ2v) is 7.48. The second kappa shape index (κ2) is 7.16. The van der Waals surface area contributed by atoms with Crippen LogP contribution in [0.3, 0.4) is 0 Å². The van der Waals surface area contributed by atoms with Gasteiger partial charge in [0.2, 0.25) is 10.0 Å². The first kappa shape index (κ1) is 17.3. The number of aromatic nitrogens is 2. The molecule has 2 aromatic rings. The number of nitrogens with one attached hydrogen (secondary N) is 2. The fraction of sp³-hybridized carbons (Fsp3) is 0.312. The van der Waals surface area contributed by atoms with Crippen LogP contribution in [0.5, 0.6) is 0 Å². The number of carbonyl (C=O) groups is 1. The van der Waals surface area contributed by atoms with Gasteiger partial charge in [0.25, 0.3) is 5.91 Å². The van der Waals surface area contributed by atoms with Gasteiger partial charge >= 0.3 is 0 Å². The molecule has 3 rings (SSSR count). The van der Waals surface area contributed by atoms with E-state index in [9.17, 15) is 13.2 Å². The minimum absolute atomic E-state index is 0.0927. The number of anilines is 1. The van der Waals surface area contributed by atoms with Crippen LogP contribution in [0.15, 0.2) is 41.3 Å². The lowest BCUT2D eigenvalue weighted by molar-refractivity contribution is 0.0945. The molecule has 0 bridgehead atoms. The molecule has 1 amide bonds. The van der Waals surface area contributed by atoms with E-state index < -0.39 is 10.0 Å². The smallest absolute Gasteiger partial charge is 0.272 e. The maximum atomic E-state index is 11.8. The second-order valence-electron chi connectivity index (χ2n) is 5.92. The van der Waals surface area contributed by atoms with Crippen LogP contribution in [-0.4, -0.2) is 37.1 Å². The van der Waals surface area contributed by atoms with Crippen LogP contribution in [0.1, 0.15) is 28.9 Å². The molecular formula is C16H19N5O3S. The highest BCUT2D eigenvalue weighted by molar-refractivity contribution is 7.89. The zero-order valence-electron chi connectivity index (χ0n) is 13.5. The Morgan fingerprint density at radius 2 is 1.84 bits per heavy atom. The Labute approximate surface area is 145 Å². The summed E-state index contributed by atoms with van der Waals surface area (Å²) in [5, 5.41) is 18.9. The normalized spacial score (nSPS) is 14.1. The van der Waals surface area contributed by atoms with Crippen molar-refractivity contribution in [3.8, 4) is 0 Å². The standard InChI is InChI=1S/C16H19N5O3S/c17-25(23,24)13-5-1-11(2-6-13)9-10-18-15-8-7-14(20-21-15)16(22)19-12-3-4-12/h1-2,5-8,12H,3-4,9-10H2,(H,18,21)(H,19,22)(H2,17,23,24). The Hall–Kier alpha value is -2.52. The number of sulfonamides is 1. The van der Waals surface area contributed by atoms with Gasteiger partial charge in [-0.3, -0.25) is 4.79 Å². The number of rotatable bonds is 7. The van der Waals surface area contributed by atoms with Crippen molar-refractivity contribution < 1.29 is 13.2 Å². The fourth-order valence-electron chi connectivity index (χ4n) is 2.22. The van der Waals surface area contributed by atoms with Gasteiger partial charge in [0.05, 0.1) is 4.90 Å². The zero-order chi connectivity index (χ0) is 17.9. The molecule has 25 heavy (non-hydrogen) atoms. The summed E-state index contributed by atoms with van der Waals surface area (Å²) in [5.74, 6) is 0.376. The van der Waals surface area contributed by atoms with Crippen molar-refractivity contribution in [1.29, 1.82) is 0 Å². The van der Waals surface area contributed by atoms with Crippen molar-refractivity contribution >= 4 is 21.7 Å². The van der Waals surface area contributed by atoms with E-state index in [4.69, 9.17) is 5.14 Å². The van der Waals surface area contributed by atoms with Gasteiger partial charge in [-0.15, -0.1) is 10.2 Å². The first-order chi connectivity index (χ1) is 11.9. The highest BCUT2D eigenvalue weighted by Gasteiger charge is 2.24. The van der Waals surface area contributed by atoms with Gasteiger partial charge in [-0.2, -0.15) is 0 Å². The van der Waals surface area contributed by atoms with E-state index in [2.05, 4.69) is 20.8 Å². The molecule has 0 saturated heterocycles. The highest BCUT2D eigenvalue weighted by atomic mass is 32.2. The van der Waals surface area contributed by atoms with Crippen LogP contribution >= 0.6 is 0 Å². The quantitative estimate of drug-likeness (QED) is 0.665. The average molecular weight is 361 g/mol. The third-order valence-electron chi connectivity index (χ3n) is 3.78. The minimum Gasteiger partial charge on any atom is -0.368 e. The van der Waals surface area contributed by atoms with Crippen molar-refractivity contribution in [2.75, 3.05) is 11.9 Å². The number of hydrogen-bond donors (Lipinski definition) is 3. The van der Waals surface area contributed by atoms with Crippen molar-refractivity contribution in [1.82, 2.24) is 15.5 Å². The van der Waals surface area contributed by atoms with Crippen LogP contribution in [0.4, 0.5) is 5.82 Å². The summed E-state index contributed by atoms with van der Waals surface area (Å²) in [6.45, 7) is 0.594. The van der Waals surface area contributed by atoms with E-state index in [1.807, 2.05) is 0 Å². The number of nitrogens with zero attached hydrogens (tertiary/aromatic N) is 2. The molecule has 132 valence electrons. The topological polar surface area (TPSA) is 127 Å². The van der Waals surface area contributed by atoms with Crippen molar-refractivity contribution in [3.63, 3.8) is 0 Å². The monoisotopic (exact) mass is 361 g/mol. The van der Waals surface area contributed by atoms with Crippen LogP contribution in [0, 0.1) is 0 Å². The molecule has 1 fully saturated rings. The van der Waals surface area contributed by atoms with Crippen molar-refractivity contribution in [3.05, 3.63) is 47.7 Å². The Kier molecular flexibility index (Phi) is 4.95. The molecule has 0 spiro atoms. The Bertz CT molecular complexity index is 846. The molecule has 8 nitrogen and oxygen atoms in total. The first-order valence-electron chi connectivity index (χ1n) is 7.92. The summed E-state index contributed by atoms with van der Waals surface area (Å²) in [7, 11) is -3.66. The SMILES string of the molecule is NS(=O)(=O)c1ccc(CCNc2ccc(C(=O)NC3CC3)nn2)cc1. The van der Waals surface area contributed by atoms with Gasteiger partial charge < -0.3 is 10.6 Å². The van der Waals surface area contributed by atoms with Crippen molar-refractivity contribution in [2.45, 2.75) is 30.2 Å². The summed E-state index contributed by atoms with van der Waals surface area (Å²) in [6.07, 6.45) is 2.73. The molecule has 0 radical (unpaired) electrons. The molecule has 0 aliphatic heterocycles. The number of hydrogen-bond acceptors (Lipinski definition) is 6. The lowest BCUT2D eigenvalue weighted by atomic mass is 10.1. The van der Waals surface area contributed by atoms with Crippen LogP contribution < -0.4 is 15.8 Å².